The molecule has 6 heteroatoms. The standard InChI is InChI=1S/C29H21NO4S/c1-19-11-14-22(15-12-19)35-27-16-13-20(18-25(27)30(32)33)17-24-28(31)23-9-5-6-10-26(23)34-29(24)21-7-3-2-4-8-21/h2-18,29H,1H3. The molecule has 1 unspecified atom stereocenters. The van der Waals surface area contributed by atoms with Crippen molar-refractivity contribution in [3.05, 3.63) is 135 Å². The molecule has 0 saturated heterocycles. The Morgan fingerprint density at radius 3 is 2.37 bits per heavy atom. The van der Waals surface area contributed by atoms with E-state index in [-0.39, 0.29) is 16.4 Å². The predicted octanol–water partition coefficient (Wildman–Crippen LogP) is 7.45. The van der Waals surface area contributed by atoms with Gasteiger partial charge in [0.1, 0.15) is 5.75 Å². The van der Waals surface area contributed by atoms with E-state index in [2.05, 4.69) is 0 Å². The van der Waals surface area contributed by atoms with Crippen molar-refractivity contribution in [3.63, 3.8) is 0 Å². The molecule has 0 aliphatic carbocycles. The molecule has 4 aromatic carbocycles. The van der Waals surface area contributed by atoms with Crippen molar-refractivity contribution in [3.8, 4) is 5.75 Å². The van der Waals surface area contributed by atoms with E-state index in [4.69, 9.17) is 4.74 Å². The summed E-state index contributed by atoms with van der Waals surface area (Å²) in [6.07, 6.45) is 1.09. The lowest BCUT2D eigenvalue weighted by atomic mass is 9.89. The highest BCUT2D eigenvalue weighted by Gasteiger charge is 2.32. The second kappa shape index (κ2) is 9.60. The van der Waals surface area contributed by atoms with Crippen molar-refractivity contribution in [2.45, 2.75) is 22.8 Å². The summed E-state index contributed by atoms with van der Waals surface area (Å²) in [7, 11) is 0. The summed E-state index contributed by atoms with van der Waals surface area (Å²) < 4.78 is 6.24. The van der Waals surface area contributed by atoms with Crippen LogP contribution in [0.5, 0.6) is 5.75 Å². The Morgan fingerprint density at radius 2 is 1.63 bits per heavy atom. The monoisotopic (exact) mass is 479 g/mol. The van der Waals surface area contributed by atoms with Gasteiger partial charge in [0.2, 0.25) is 0 Å². The third-order valence-corrected chi connectivity index (χ3v) is 6.85. The summed E-state index contributed by atoms with van der Waals surface area (Å²) in [6, 6.07) is 29.5. The number of Topliss-reactive ketones (excluding diaryl/α,β-unsaturated/α-hetero) is 1. The highest BCUT2D eigenvalue weighted by atomic mass is 32.2. The Kier molecular flexibility index (Phi) is 6.21. The number of benzene rings is 4. The molecule has 0 aromatic heterocycles. The van der Waals surface area contributed by atoms with Crippen LogP contribution in [0.15, 0.2) is 112 Å². The average Bonchev–Trinajstić information content (AvgIpc) is 2.88. The normalized spacial score (nSPS) is 16.0. The molecule has 1 heterocycles. The Morgan fingerprint density at radius 1 is 0.914 bits per heavy atom. The minimum atomic E-state index is -0.612. The fraction of sp³-hybridized carbons (Fsp3) is 0.0690. The fourth-order valence-corrected chi connectivity index (χ4v) is 4.90. The molecule has 1 atom stereocenters. The summed E-state index contributed by atoms with van der Waals surface area (Å²) in [4.78, 5) is 26.4. The Balaban J connectivity index is 1.56. The Hall–Kier alpha value is -4.16. The molecule has 1 aliphatic rings. The lowest BCUT2D eigenvalue weighted by Crippen LogP contribution is -2.23. The van der Waals surface area contributed by atoms with Crippen molar-refractivity contribution in [1.82, 2.24) is 0 Å². The molecule has 0 fully saturated rings. The van der Waals surface area contributed by atoms with Gasteiger partial charge in [0, 0.05) is 16.5 Å². The number of aryl methyl sites for hydroxylation is 1. The van der Waals surface area contributed by atoms with Gasteiger partial charge < -0.3 is 4.74 Å². The van der Waals surface area contributed by atoms with Gasteiger partial charge in [0.15, 0.2) is 11.9 Å². The van der Waals surface area contributed by atoms with E-state index in [9.17, 15) is 14.9 Å². The predicted molar refractivity (Wildman–Crippen MR) is 137 cm³/mol. The van der Waals surface area contributed by atoms with Crippen LogP contribution in [0.1, 0.15) is 33.2 Å². The van der Waals surface area contributed by atoms with Crippen LogP contribution in [0.4, 0.5) is 5.69 Å². The lowest BCUT2D eigenvalue weighted by molar-refractivity contribution is -0.387. The second-order valence-electron chi connectivity index (χ2n) is 8.23. The Bertz CT molecular complexity index is 1450. The number of rotatable bonds is 5. The first-order valence-corrected chi connectivity index (χ1v) is 11.9. The second-order valence-corrected chi connectivity index (χ2v) is 9.35. The Labute approximate surface area is 207 Å². The summed E-state index contributed by atoms with van der Waals surface area (Å²) in [5, 5.41) is 11.9. The summed E-state index contributed by atoms with van der Waals surface area (Å²) in [6.45, 7) is 2.00. The van der Waals surface area contributed by atoms with Crippen LogP contribution in [-0.4, -0.2) is 10.7 Å². The van der Waals surface area contributed by atoms with Crippen molar-refractivity contribution >= 4 is 29.3 Å². The van der Waals surface area contributed by atoms with E-state index >= 15 is 0 Å². The van der Waals surface area contributed by atoms with Crippen LogP contribution < -0.4 is 4.74 Å². The quantitative estimate of drug-likeness (QED) is 0.169. The summed E-state index contributed by atoms with van der Waals surface area (Å²) in [5.41, 5.74) is 3.43. The maximum atomic E-state index is 13.5. The van der Waals surface area contributed by atoms with Crippen LogP contribution in [0, 0.1) is 17.0 Å². The average molecular weight is 480 g/mol. The van der Waals surface area contributed by atoms with Gasteiger partial charge in [-0.2, -0.15) is 0 Å². The smallest absolute Gasteiger partial charge is 0.283 e. The minimum absolute atomic E-state index is 0.00855. The van der Waals surface area contributed by atoms with Gasteiger partial charge in [-0.25, -0.2) is 0 Å². The van der Waals surface area contributed by atoms with Crippen LogP contribution in [0.25, 0.3) is 6.08 Å². The molecule has 4 aromatic rings. The molecule has 0 N–H and O–H groups in total. The summed E-state index contributed by atoms with van der Waals surface area (Å²) in [5.74, 6) is 0.376. The minimum Gasteiger partial charge on any atom is -0.480 e. The van der Waals surface area contributed by atoms with Crippen LogP contribution in [0.3, 0.4) is 0 Å². The molecular weight excluding hydrogens is 458 g/mol. The zero-order valence-corrected chi connectivity index (χ0v) is 19.7. The first-order valence-electron chi connectivity index (χ1n) is 11.1. The van der Waals surface area contributed by atoms with Gasteiger partial charge in [0.05, 0.1) is 15.4 Å². The number of nitrogens with zero attached hydrogens (tertiary/aromatic N) is 1. The lowest BCUT2D eigenvalue weighted by Gasteiger charge is -2.28. The molecule has 35 heavy (non-hydrogen) atoms. The van der Waals surface area contributed by atoms with E-state index in [1.807, 2.05) is 67.6 Å². The summed E-state index contributed by atoms with van der Waals surface area (Å²) >= 11 is 1.34. The van der Waals surface area contributed by atoms with Crippen LogP contribution in [0.2, 0.25) is 0 Å². The number of para-hydroxylation sites is 1. The number of carbonyl (C=O) groups excluding carboxylic acids is 1. The van der Waals surface area contributed by atoms with E-state index in [1.54, 1.807) is 36.4 Å². The highest BCUT2D eigenvalue weighted by Crippen LogP contribution is 2.40. The van der Waals surface area contributed by atoms with Crippen LogP contribution in [-0.2, 0) is 0 Å². The third kappa shape index (κ3) is 4.74. The van der Waals surface area contributed by atoms with Gasteiger partial charge in [-0.3, -0.25) is 14.9 Å². The third-order valence-electron chi connectivity index (χ3n) is 5.77. The molecule has 0 spiro atoms. The molecule has 0 saturated carbocycles. The van der Waals surface area contributed by atoms with E-state index in [1.165, 1.54) is 17.8 Å². The number of hydrogen-bond donors (Lipinski definition) is 0. The molecule has 0 amide bonds. The fourth-order valence-electron chi connectivity index (χ4n) is 4.00. The zero-order chi connectivity index (χ0) is 24.4. The number of carbonyl (C=O) groups is 1. The number of ether oxygens (including phenoxy) is 1. The topological polar surface area (TPSA) is 69.4 Å². The van der Waals surface area contributed by atoms with Gasteiger partial charge in [0.25, 0.3) is 5.69 Å². The van der Waals surface area contributed by atoms with Crippen LogP contribution >= 0.6 is 11.8 Å². The first-order chi connectivity index (χ1) is 17.0. The van der Waals surface area contributed by atoms with Crippen molar-refractivity contribution in [2.75, 3.05) is 0 Å². The maximum Gasteiger partial charge on any atom is 0.283 e. The van der Waals surface area contributed by atoms with Gasteiger partial charge in [-0.15, -0.1) is 0 Å². The van der Waals surface area contributed by atoms with Gasteiger partial charge in [-0.1, -0.05) is 78.0 Å². The molecule has 172 valence electrons. The van der Waals surface area contributed by atoms with Crippen molar-refractivity contribution in [1.29, 1.82) is 0 Å². The molecule has 1 aliphatic heterocycles. The number of hydrogen-bond acceptors (Lipinski definition) is 5. The molecule has 5 nitrogen and oxygen atoms in total. The van der Waals surface area contributed by atoms with E-state index in [0.29, 0.717) is 27.3 Å². The molecular formula is C29H21NO4S. The number of ketones is 1. The van der Waals surface area contributed by atoms with E-state index < -0.39 is 6.10 Å². The number of fused-ring (bicyclic) bond motifs is 1. The molecule has 0 bridgehead atoms. The van der Waals surface area contributed by atoms with Gasteiger partial charge >= 0.3 is 0 Å². The highest BCUT2D eigenvalue weighted by molar-refractivity contribution is 7.99. The van der Waals surface area contributed by atoms with Crippen molar-refractivity contribution < 1.29 is 14.5 Å². The largest absolute Gasteiger partial charge is 0.480 e. The zero-order valence-electron chi connectivity index (χ0n) is 18.9. The SMILES string of the molecule is Cc1ccc(Sc2ccc(C=C3C(=O)c4ccccc4OC3c3ccccc3)cc2[N+](=O)[O-])cc1. The first kappa shape index (κ1) is 22.6. The molecule has 0 radical (unpaired) electrons. The van der Waals surface area contributed by atoms with E-state index in [0.717, 1.165) is 16.0 Å². The van der Waals surface area contributed by atoms with Crippen molar-refractivity contribution in [2.24, 2.45) is 0 Å². The maximum absolute atomic E-state index is 13.5. The number of nitro benzene ring substituents is 1. The number of nitro groups is 1. The molecule has 5 rings (SSSR count). The van der Waals surface area contributed by atoms with Gasteiger partial charge in [-0.05, 0) is 54.5 Å².